The minimum atomic E-state index is 0.511. The summed E-state index contributed by atoms with van der Waals surface area (Å²) >= 11 is 0. The van der Waals surface area contributed by atoms with Crippen molar-refractivity contribution in [1.29, 1.82) is 0 Å². The largest absolute Gasteiger partial charge is 0.385 e. The number of nitrogens with zero attached hydrogens (tertiary/aromatic N) is 6. The Morgan fingerprint density at radius 1 is 1.23 bits per heavy atom. The van der Waals surface area contributed by atoms with Crippen molar-refractivity contribution >= 4 is 5.96 Å². The minimum absolute atomic E-state index is 0.511. The van der Waals surface area contributed by atoms with Gasteiger partial charge in [-0.2, -0.15) is 0 Å². The molecule has 1 unspecified atom stereocenters. The van der Waals surface area contributed by atoms with Crippen LogP contribution in [0.3, 0.4) is 0 Å². The van der Waals surface area contributed by atoms with Crippen LogP contribution in [0, 0.1) is 6.92 Å². The number of ether oxygens (including phenoxy) is 1. The molecule has 9 heteroatoms. The Labute approximate surface area is 155 Å². The number of nitrogens with one attached hydrogen (secondary N) is 2. The average Bonchev–Trinajstić information content (AvgIpc) is 2.99. The quantitative estimate of drug-likeness (QED) is 0.355. The summed E-state index contributed by atoms with van der Waals surface area (Å²) in [5, 5.41) is 15.2. The van der Waals surface area contributed by atoms with Gasteiger partial charge >= 0.3 is 0 Å². The van der Waals surface area contributed by atoms with Crippen LogP contribution in [0.1, 0.15) is 18.1 Å². The summed E-state index contributed by atoms with van der Waals surface area (Å²) in [5.74, 6) is 2.60. The third-order valence-electron chi connectivity index (χ3n) is 5.28. The van der Waals surface area contributed by atoms with Crippen molar-refractivity contribution in [1.82, 2.24) is 35.2 Å². The second-order valence-electron chi connectivity index (χ2n) is 7.03. The molecule has 0 amide bonds. The number of piperazine rings is 3. The van der Waals surface area contributed by atoms with Crippen LogP contribution < -0.4 is 10.6 Å². The fourth-order valence-electron chi connectivity index (χ4n) is 3.47. The topological polar surface area (TPSA) is 82.8 Å². The van der Waals surface area contributed by atoms with Gasteiger partial charge in [0.05, 0.1) is 0 Å². The van der Waals surface area contributed by atoms with Gasteiger partial charge in [-0.3, -0.25) is 9.80 Å². The normalized spacial score (nSPS) is 25.5. The van der Waals surface area contributed by atoms with Gasteiger partial charge in [0.1, 0.15) is 12.4 Å². The van der Waals surface area contributed by atoms with E-state index in [4.69, 9.17) is 9.73 Å². The van der Waals surface area contributed by atoms with Gasteiger partial charge in [0, 0.05) is 72.6 Å². The molecule has 0 aromatic carbocycles. The molecule has 3 fully saturated rings. The molecule has 1 atom stereocenters. The Bertz CT molecular complexity index is 594. The molecule has 4 heterocycles. The predicted molar refractivity (Wildman–Crippen MR) is 101 cm³/mol. The van der Waals surface area contributed by atoms with Crippen LogP contribution in [0.2, 0.25) is 0 Å². The monoisotopic (exact) mass is 364 g/mol. The fraction of sp³-hybridized carbons (Fsp3) is 0.824. The van der Waals surface area contributed by atoms with Crippen molar-refractivity contribution in [2.75, 3.05) is 59.5 Å². The van der Waals surface area contributed by atoms with E-state index in [9.17, 15) is 0 Å². The summed E-state index contributed by atoms with van der Waals surface area (Å²) in [5.41, 5.74) is 0. The molecular formula is C17H32N8O. The van der Waals surface area contributed by atoms with Gasteiger partial charge < -0.3 is 19.9 Å². The lowest BCUT2D eigenvalue weighted by atomic mass is 10.1. The molecule has 26 heavy (non-hydrogen) atoms. The third-order valence-corrected chi connectivity index (χ3v) is 5.28. The van der Waals surface area contributed by atoms with E-state index in [1.807, 2.05) is 18.5 Å². The van der Waals surface area contributed by atoms with E-state index in [2.05, 4.69) is 30.6 Å². The highest BCUT2D eigenvalue weighted by Gasteiger charge is 2.31. The third kappa shape index (κ3) is 4.93. The first-order valence-corrected chi connectivity index (χ1v) is 9.49. The van der Waals surface area contributed by atoms with Gasteiger partial charge in [-0.05, 0) is 13.3 Å². The Morgan fingerprint density at radius 3 is 2.65 bits per heavy atom. The molecule has 3 aliphatic heterocycles. The molecule has 0 saturated carbocycles. The van der Waals surface area contributed by atoms with Gasteiger partial charge in [0.15, 0.2) is 11.8 Å². The molecule has 0 radical (unpaired) electrons. The molecule has 1 aromatic rings. The lowest BCUT2D eigenvalue weighted by Gasteiger charge is -2.47. The van der Waals surface area contributed by atoms with E-state index in [0.29, 0.717) is 12.6 Å². The lowest BCUT2D eigenvalue weighted by Crippen LogP contribution is -2.63. The molecule has 2 N–H and O–H groups in total. The van der Waals surface area contributed by atoms with Crippen LogP contribution in [0.15, 0.2) is 4.99 Å². The fourth-order valence-corrected chi connectivity index (χ4v) is 3.47. The van der Waals surface area contributed by atoms with Crippen LogP contribution in [0.4, 0.5) is 0 Å². The highest BCUT2D eigenvalue weighted by molar-refractivity contribution is 5.79. The van der Waals surface area contributed by atoms with Gasteiger partial charge in [-0.25, -0.2) is 4.99 Å². The summed E-state index contributed by atoms with van der Waals surface area (Å²) in [6, 6.07) is 0.556. The number of aryl methyl sites for hydroxylation is 1. The van der Waals surface area contributed by atoms with Gasteiger partial charge in [-0.1, -0.05) is 0 Å². The highest BCUT2D eigenvalue weighted by Crippen LogP contribution is 2.14. The molecule has 1 aromatic heterocycles. The van der Waals surface area contributed by atoms with Crippen LogP contribution in [0.25, 0.3) is 0 Å². The van der Waals surface area contributed by atoms with E-state index >= 15 is 0 Å². The summed E-state index contributed by atoms with van der Waals surface area (Å²) in [7, 11) is 3.70. The summed E-state index contributed by atoms with van der Waals surface area (Å²) in [4.78, 5) is 9.85. The summed E-state index contributed by atoms with van der Waals surface area (Å²) in [6.45, 7) is 10.9. The standard InChI is InChI=1S/C17H32N8O/c1-14-21-22-16(23(14)2)12-20-17(18-5-4-10-26-3)19-11-15-13-24-6-8-25(15)9-7-24/h15H,4-13H2,1-3H3,(H2,18,19,20). The number of fused-ring (bicyclic) bond motifs is 3. The maximum absolute atomic E-state index is 5.13. The van der Waals surface area contributed by atoms with Crippen molar-refractivity contribution in [3.8, 4) is 0 Å². The molecule has 9 nitrogen and oxygen atoms in total. The summed E-state index contributed by atoms with van der Waals surface area (Å²) < 4.78 is 7.10. The average molecular weight is 364 g/mol. The molecule has 3 saturated heterocycles. The van der Waals surface area contributed by atoms with Gasteiger partial charge in [-0.15, -0.1) is 10.2 Å². The maximum Gasteiger partial charge on any atom is 0.191 e. The van der Waals surface area contributed by atoms with Crippen molar-refractivity contribution in [2.45, 2.75) is 25.9 Å². The molecule has 0 spiro atoms. The Kier molecular flexibility index (Phi) is 6.81. The van der Waals surface area contributed by atoms with Gasteiger partial charge in [0.25, 0.3) is 0 Å². The molecule has 3 aliphatic rings. The smallest absolute Gasteiger partial charge is 0.191 e. The second-order valence-corrected chi connectivity index (χ2v) is 7.03. The molecule has 0 aliphatic carbocycles. The van der Waals surface area contributed by atoms with Crippen LogP contribution in [0.5, 0.6) is 0 Å². The Morgan fingerprint density at radius 2 is 2.04 bits per heavy atom. The lowest BCUT2D eigenvalue weighted by molar-refractivity contribution is 0.0154. The zero-order valence-electron chi connectivity index (χ0n) is 16.2. The van der Waals surface area contributed by atoms with Gasteiger partial charge in [0.2, 0.25) is 0 Å². The maximum atomic E-state index is 5.13. The van der Waals surface area contributed by atoms with Crippen molar-refractivity contribution in [2.24, 2.45) is 12.0 Å². The SMILES string of the molecule is COCCCNC(=NCc1nnc(C)n1C)NCC1CN2CCN1CC2. The van der Waals surface area contributed by atoms with E-state index in [1.54, 1.807) is 7.11 Å². The molecule has 4 rings (SSSR count). The zero-order chi connectivity index (χ0) is 18.4. The van der Waals surface area contributed by atoms with Crippen LogP contribution in [-0.2, 0) is 18.3 Å². The number of methoxy groups -OCH3 is 1. The number of aliphatic imine (C=N–C) groups is 1. The Balaban J connectivity index is 1.55. The number of hydrogen-bond acceptors (Lipinski definition) is 6. The first-order valence-electron chi connectivity index (χ1n) is 9.49. The molecular weight excluding hydrogens is 332 g/mol. The van der Waals surface area contributed by atoms with E-state index in [1.165, 1.54) is 26.2 Å². The number of rotatable bonds is 8. The highest BCUT2D eigenvalue weighted by atomic mass is 16.5. The van der Waals surface area contributed by atoms with E-state index in [-0.39, 0.29) is 0 Å². The number of hydrogen-bond donors (Lipinski definition) is 2. The summed E-state index contributed by atoms with van der Waals surface area (Å²) in [6.07, 6.45) is 0.948. The first-order chi connectivity index (χ1) is 12.7. The van der Waals surface area contributed by atoms with Crippen molar-refractivity contribution < 1.29 is 4.74 Å². The first kappa shape index (κ1) is 19.1. The second kappa shape index (κ2) is 9.29. The Hall–Kier alpha value is -1.71. The van der Waals surface area contributed by atoms with Crippen LogP contribution in [-0.4, -0.2) is 96.1 Å². The van der Waals surface area contributed by atoms with E-state index in [0.717, 1.165) is 50.3 Å². The van der Waals surface area contributed by atoms with Crippen LogP contribution >= 0.6 is 0 Å². The minimum Gasteiger partial charge on any atom is -0.385 e. The predicted octanol–water partition coefficient (Wildman–Crippen LogP) is -0.805. The number of aromatic nitrogens is 3. The van der Waals surface area contributed by atoms with Crippen molar-refractivity contribution in [3.63, 3.8) is 0 Å². The molecule has 2 bridgehead atoms. The van der Waals surface area contributed by atoms with Crippen molar-refractivity contribution in [3.05, 3.63) is 11.6 Å². The van der Waals surface area contributed by atoms with E-state index < -0.39 is 0 Å². The molecule has 146 valence electrons. The zero-order valence-corrected chi connectivity index (χ0v) is 16.2. The number of guanidine groups is 1.